The van der Waals surface area contributed by atoms with Crippen molar-refractivity contribution in [3.05, 3.63) is 45.2 Å². The zero-order valence-electron chi connectivity index (χ0n) is 12.6. The normalized spacial score (nSPS) is 16.6. The van der Waals surface area contributed by atoms with Crippen LogP contribution in [0, 0.1) is 0 Å². The van der Waals surface area contributed by atoms with Crippen molar-refractivity contribution in [3.63, 3.8) is 0 Å². The van der Waals surface area contributed by atoms with Gasteiger partial charge in [-0.1, -0.05) is 30.0 Å². The van der Waals surface area contributed by atoms with Crippen LogP contribution in [0.3, 0.4) is 0 Å². The molecule has 1 aliphatic heterocycles. The predicted octanol–water partition coefficient (Wildman–Crippen LogP) is 1.96. The number of anilines is 1. The van der Waals surface area contributed by atoms with Crippen LogP contribution >= 0.6 is 24.0 Å². The van der Waals surface area contributed by atoms with E-state index in [2.05, 4.69) is 10.3 Å². The second kappa shape index (κ2) is 6.13. The highest BCUT2D eigenvalue weighted by Crippen LogP contribution is 2.31. The topological polar surface area (TPSA) is 66.7 Å². The van der Waals surface area contributed by atoms with Gasteiger partial charge in [-0.15, -0.1) is 0 Å². The minimum atomic E-state index is -0.229. The maximum Gasteiger partial charge on any atom is 0.267 e. The van der Waals surface area contributed by atoms with Gasteiger partial charge in [-0.3, -0.25) is 18.9 Å². The van der Waals surface area contributed by atoms with Gasteiger partial charge in [0.1, 0.15) is 15.8 Å². The van der Waals surface area contributed by atoms with Crippen LogP contribution in [0.4, 0.5) is 5.82 Å². The number of thioether (sulfide) groups is 1. The number of hydrogen-bond donors (Lipinski definition) is 1. The Morgan fingerprint density at radius 2 is 2.17 bits per heavy atom. The van der Waals surface area contributed by atoms with Gasteiger partial charge in [-0.25, -0.2) is 4.98 Å². The van der Waals surface area contributed by atoms with Crippen LogP contribution in [0.25, 0.3) is 11.7 Å². The highest BCUT2D eigenvalue weighted by atomic mass is 32.2. The number of carbonyl (C=O) groups excluding carboxylic acids is 1. The van der Waals surface area contributed by atoms with Gasteiger partial charge in [0.25, 0.3) is 11.5 Å². The number of thiocarbonyl (C=S) groups is 1. The summed E-state index contributed by atoms with van der Waals surface area (Å²) in [4.78, 5) is 31.2. The second-order valence-corrected chi connectivity index (χ2v) is 6.55. The molecule has 1 aliphatic rings. The maximum atomic E-state index is 12.8. The maximum absolute atomic E-state index is 12.8. The number of hydrogen-bond acceptors (Lipinski definition) is 6. The Balaban J connectivity index is 2.22. The zero-order chi connectivity index (χ0) is 16.6. The number of pyridine rings is 1. The molecule has 0 unspecified atom stereocenters. The van der Waals surface area contributed by atoms with E-state index in [0.29, 0.717) is 32.8 Å². The Bertz CT molecular complexity index is 904. The van der Waals surface area contributed by atoms with Gasteiger partial charge >= 0.3 is 0 Å². The third-order valence-corrected chi connectivity index (χ3v) is 4.86. The van der Waals surface area contributed by atoms with Crippen molar-refractivity contribution >= 4 is 51.7 Å². The van der Waals surface area contributed by atoms with Crippen molar-refractivity contribution in [2.75, 3.05) is 18.9 Å². The second-order valence-electron chi connectivity index (χ2n) is 4.88. The number of rotatable bonds is 3. The van der Waals surface area contributed by atoms with Crippen molar-refractivity contribution in [1.29, 1.82) is 0 Å². The fourth-order valence-corrected chi connectivity index (χ4v) is 3.37. The molecule has 6 nitrogen and oxygen atoms in total. The molecule has 118 valence electrons. The molecule has 0 radical (unpaired) electrons. The average molecular weight is 346 g/mol. The van der Waals surface area contributed by atoms with Crippen LogP contribution in [-0.4, -0.2) is 38.1 Å². The zero-order valence-corrected chi connectivity index (χ0v) is 14.2. The highest BCUT2D eigenvalue weighted by molar-refractivity contribution is 8.26. The molecule has 2 aromatic heterocycles. The van der Waals surface area contributed by atoms with Gasteiger partial charge in [0.15, 0.2) is 0 Å². The SMILES string of the molecule is CCNc1nc2ccccn2c(=O)c1C=C1SC(=S)N(C)C1=O. The summed E-state index contributed by atoms with van der Waals surface area (Å²) in [5.41, 5.74) is 0.672. The number of nitrogens with zero attached hydrogens (tertiary/aromatic N) is 3. The largest absolute Gasteiger partial charge is 0.370 e. The van der Waals surface area contributed by atoms with Gasteiger partial charge < -0.3 is 5.32 Å². The van der Waals surface area contributed by atoms with E-state index in [0.717, 1.165) is 0 Å². The summed E-state index contributed by atoms with van der Waals surface area (Å²) in [5, 5.41) is 3.08. The van der Waals surface area contributed by atoms with E-state index in [1.807, 2.05) is 13.0 Å². The third-order valence-electron chi connectivity index (χ3n) is 3.38. The molecule has 1 amide bonds. The monoisotopic (exact) mass is 346 g/mol. The molecule has 0 bridgehead atoms. The van der Waals surface area contributed by atoms with E-state index in [1.165, 1.54) is 21.1 Å². The number of likely N-dealkylation sites (N-methyl/N-ethyl adjacent to an activating group) is 1. The molecule has 1 N–H and O–H groups in total. The molecule has 2 aromatic rings. The highest BCUT2D eigenvalue weighted by Gasteiger charge is 2.29. The molecule has 23 heavy (non-hydrogen) atoms. The molecule has 3 rings (SSSR count). The lowest BCUT2D eigenvalue weighted by Gasteiger charge is -2.09. The summed E-state index contributed by atoms with van der Waals surface area (Å²) in [6, 6.07) is 5.34. The van der Waals surface area contributed by atoms with Crippen LogP contribution in [-0.2, 0) is 4.79 Å². The first-order valence-electron chi connectivity index (χ1n) is 6.99. The molecule has 0 spiro atoms. The number of amides is 1. The first-order valence-corrected chi connectivity index (χ1v) is 8.22. The first kappa shape index (κ1) is 15.7. The molecule has 0 aromatic carbocycles. The summed E-state index contributed by atoms with van der Waals surface area (Å²) in [6.45, 7) is 2.54. The molecule has 0 aliphatic carbocycles. The molecule has 8 heteroatoms. The Morgan fingerprint density at radius 1 is 1.39 bits per heavy atom. The average Bonchev–Trinajstić information content (AvgIpc) is 2.78. The van der Waals surface area contributed by atoms with Crippen molar-refractivity contribution in [1.82, 2.24) is 14.3 Å². The van der Waals surface area contributed by atoms with Crippen LogP contribution in [0.15, 0.2) is 34.1 Å². The van der Waals surface area contributed by atoms with Crippen LogP contribution < -0.4 is 10.9 Å². The predicted molar refractivity (Wildman–Crippen MR) is 96.6 cm³/mol. The molecular formula is C15H14N4O2S2. The summed E-state index contributed by atoms with van der Waals surface area (Å²) in [5.74, 6) is 0.255. The molecule has 0 atom stereocenters. The summed E-state index contributed by atoms with van der Waals surface area (Å²) >= 11 is 6.30. The number of carbonyl (C=O) groups is 1. The summed E-state index contributed by atoms with van der Waals surface area (Å²) in [6.07, 6.45) is 3.22. The van der Waals surface area contributed by atoms with Gasteiger partial charge in [0.2, 0.25) is 0 Å². The number of fused-ring (bicyclic) bond motifs is 1. The van der Waals surface area contributed by atoms with Crippen molar-refractivity contribution in [3.8, 4) is 0 Å². The van der Waals surface area contributed by atoms with E-state index in [9.17, 15) is 9.59 Å². The molecule has 0 saturated carbocycles. The number of aromatic nitrogens is 2. The van der Waals surface area contributed by atoms with E-state index in [4.69, 9.17) is 12.2 Å². The van der Waals surface area contributed by atoms with Crippen LogP contribution in [0.1, 0.15) is 12.5 Å². The Morgan fingerprint density at radius 3 is 2.83 bits per heavy atom. The number of nitrogens with one attached hydrogen (secondary N) is 1. The van der Waals surface area contributed by atoms with E-state index in [-0.39, 0.29) is 11.5 Å². The van der Waals surface area contributed by atoms with Crippen molar-refractivity contribution in [2.24, 2.45) is 0 Å². The molecule has 3 heterocycles. The van der Waals surface area contributed by atoms with E-state index < -0.39 is 0 Å². The summed E-state index contributed by atoms with van der Waals surface area (Å²) < 4.78 is 1.93. The fraction of sp³-hybridized carbons (Fsp3) is 0.200. The quantitative estimate of drug-likeness (QED) is 0.677. The molecule has 1 fully saturated rings. The standard InChI is InChI=1S/C15H14N4O2S2/c1-3-16-12-9(8-10-14(21)18(2)15(22)23-10)13(20)19-7-5-4-6-11(19)17-12/h4-8,16H,3H2,1-2H3. The minimum Gasteiger partial charge on any atom is -0.370 e. The lowest BCUT2D eigenvalue weighted by Crippen LogP contribution is -2.23. The lowest BCUT2D eigenvalue weighted by molar-refractivity contribution is -0.121. The van der Waals surface area contributed by atoms with Gasteiger partial charge in [0, 0.05) is 19.8 Å². The van der Waals surface area contributed by atoms with Gasteiger partial charge in [-0.2, -0.15) is 0 Å². The van der Waals surface area contributed by atoms with Gasteiger partial charge in [-0.05, 0) is 25.1 Å². The van der Waals surface area contributed by atoms with E-state index in [1.54, 1.807) is 31.5 Å². The Labute approximate surface area is 142 Å². The fourth-order valence-electron chi connectivity index (χ4n) is 2.21. The first-order chi connectivity index (χ1) is 11.0. The smallest absolute Gasteiger partial charge is 0.267 e. The van der Waals surface area contributed by atoms with E-state index >= 15 is 0 Å². The molecule has 1 saturated heterocycles. The minimum absolute atomic E-state index is 0.208. The molecular weight excluding hydrogens is 332 g/mol. The van der Waals surface area contributed by atoms with Gasteiger partial charge in [0.05, 0.1) is 10.5 Å². The van der Waals surface area contributed by atoms with Crippen LogP contribution in [0.5, 0.6) is 0 Å². The van der Waals surface area contributed by atoms with Crippen molar-refractivity contribution in [2.45, 2.75) is 6.92 Å². The third kappa shape index (κ3) is 2.75. The summed E-state index contributed by atoms with van der Waals surface area (Å²) in [7, 11) is 1.62. The van der Waals surface area contributed by atoms with Crippen LogP contribution in [0.2, 0.25) is 0 Å². The lowest BCUT2D eigenvalue weighted by atomic mass is 10.2. The Kier molecular flexibility index (Phi) is 4.18. The Hall–Kier alpha value is -2.19. The van der Waals surface area contributed by atoms with Crippen molar-refractivity contribution < 1.29 is 4.79 Å².